The van der Waals surface area contributed by atoms with Gasteiger partial charge in [0.25, 0.3) is 0 Å². The maximum absolute atomic E-state index is 13.9. The summed E-state index contributed by atoms with van der Waals surface area (Å²) in [4.78, 5) is 7.11. The van der Waals surface area contributed by atoms with Gasteiger partial charge in [-0.3, -0.25) is 0 Å². The normalized spacial score (nSPS) is 10.4. The molecular formula is C10H7ClF2N3P. The fraction of sp³-hybridized carbons (Fsp3) is 0. The van der Waals surface area contributed by atoms with Gasteiger partial charge in [0, 0.05) is 11.8 Å². The van der Waals surface area contributed by atoms with Gasteiger partial charge < -0.3 is 5.09 Å². The molecule has 0 saturated heterocycles. The van der Waals surface area contributed by atoms with Crippen LogP contribution < -0.4 is 5.09 Å². The van der Waals surface area contributed by atoms with Gasteiger partial charge in [0.15, 0.2) is 11.0 Å². The van der Waals surface area contributed by atoms with Crippen molar-refractivity contribution in [3.8, 4) is 11.1 Å². The summed E-state index contributed by atoms with van der Waals surface area (Å²) in [6.07, 6.45) is 2.60. The van der Waals surface area contributed by atoms with Gasteiger partial charge in [0.1, 0.15) is 0 Å². The Bertz CT molecular complexity index is 565. The summed E-state index contributed by atoms with van der Waals surface area (Å²) in [6, 6.07) is 2.93. The highest BCUT2D eigenvalue weighted by Gasteiger charge is 2.18. The number of nitrogens with one attached hydrogen (secondary N) is 1. The molecule has 2 aromatic rings. The molecule has 0 aromatic carbocycles. The van der Waals surface area contributed by atoms with Crippen LogP contribution in [0.2, 0.25) is 5.15 Å². The van der Waals surface area contributed by atoms with Gasteiger partial charge in [-0.1, -0.05) is 11.6 Å². The highest BCUT2D eigenvalue weighted by molar-refractivity contribution is 7.18. The van der Waals surface area contributed by atoms with Gasteiger partial charge in [0.05, 0.1) is 17.4 Å². The number of halogens is 3. The minimum atomic E-state index is -0.786. The molecule has 1 unspecified atom stereocenters. The molecule has 2 heterocycles. The minimum Gasteiger partial charge on any atom is -0.368 e. The highest BCUT2D eigenvalue weighted by atomic mass is 35.5. The number of anilines is 1. The summed E-state index contributed by atoms with van der Waals surface area (Å²) >= 11 is 5.58. The lowest BCUT2D eigenvalue weighted by molar-refractivity contribution is 0.582. The molecule has 2 rings (SSSR count). The standard InChI is InChI=1S/C10H7ClF2N3P/c11-9-8(12)7(6(16-17)4-15-9)5-2-1-3-14-10(5)13/h1-4,16H,17H2. The molecule has 0 saturated carbocycles. The molecule has 1 atom stereocenters. The maximum atomic E-state index is 13.9. The van der Waals surface area contributed by atoms with Crippen LogP contribution in [0, 0.1) is 11.8 Å². The zero-order valence-corrected chi connectivity index (χ0v) is 10.3. The fourth-order valence-electron chi connectivity index (χ4n) is 1.41. The molecule has 0 bridgehead atoms. The van der Waals surface area contributed by atoms with E-state index >= 15 is 0 Å². The number of hydrogen-bond donors (Lipinski definition) is 1. The number of nitrogens with zero attached hydrogens (tertiary/aromatic N) is 2. The molecule has 0 aliphatic rings. The average Bonchev–Trinajstić information content (AvgIpc) is 2.34. The second-order valence-corrected chi connectivity index (χ2v) is 3.78. The van der Waals surface area contributed by atoms with Crippen molar-refractivity contribution in [3.63, 3.8) is 0 Å². The minimum absolute atomic E-state index is 0.00519. The SMILES string of the molecule is Fc1ncccc1-c1c(NP)cnc(Cl)c1F. The van der Waals surface area contributed by atoms with Gasteiger partial charge in [-0.15, -0.1) is 0 Å². The first kappa shape index (κ1) is 12.1. The Balaban J connectivity index is 2.74. The number of hydrogen-bond acceptors (Lipinski definition) is 3. The Labute approximate surface area is 103 Å². The van der Waals surface area contributed by atoms with Crippen LogP contribution in [0.1, 0.15) is 0 Å². The number of aromatic nitrogens is 2. The third-order valence-corrected chi connectivity index (χ3v) is 2.74. The number of rotatable bonds is 2. The van der Waals surface area contributed by atoms with Crippen LogP contribution in [0.5, 0.6) is 0 Å². The van der Waals surface area contributed by atoms with Crippen molar-refractivity contribution >= 4 is 26.7 Å². The Morgan fingerprint density at radius 2 is 2.06 bits per heavy atom. The average molecular weight is 274 g/mol. The second-order valence-electron chi connectivity index (χ2n) is 3.14. The van der Waals surface area contributed by atoms with Crippen LogP contribution in [-0.2, 0) is 0 Å². The first-order valence-electron chi connectivity index (χ1n) is 4.56. The monoisotopic (exact) mass is 273 g/mol. The molecule has 0 amide bonds. The van der Waals surface area contributed by atoms with E-state index in [1.807, 2.05) is 0 Å². The zero-order chi connectivity index (χ0) is 12.4. The molecule has 17 heavy (non-hydrogen) atoms. The summed E-state index contributed by atoms with van der Waals surface area (Å²) in [6.45, 7) is 0. The van der Waals surface area contributed by atoms with Crippen molar-refractivity contribution in [2.75, 3.05) is 5.09 Å². The first-order chi connectivity index (χ1) is 8.15. The van der Waals surface area contributed by atoms with Crippen molar-refractivity contribution in [2.24, 2.45) is 0 Å². The van der Waals surface area contributed by atoms with E-state index in [2.05, 4.69) is 24.4 Å². The predicted molar refractivity (Wildman–Crippen MR) is 65.7 cm³/mol. The van der Waals surface area contributed by atoms with Gasteiger partial charge in [-0.25, -0.2) is 14.4 Å². The van der Waals surface area contributed by atoms with E-state index in [4.69, 9.17) is 11.6 Å². The molecule has 3 nitrogen and oxygen atoms in total. The molecule has 7 heteroatoms. The summed E-state index contributed by atoms with van der Waals surface area (Å²) in [5.41, 5.74) is 0.341. The van der Waals surface area contributed by atoms with Crippen molar-refractivity contribution in [1.82, 2.24) is 9.97 Å². The van der Waals surface area contributed by atoms with Crippen LogP contribution >= 0.6 is 21.0 Å². The number of pyridine rings is 2. The van der Waals surface area contributed by atoms with Crippen molar-refractivity contribution in [2.45, 2.75) is 0 Å². The van der Waals surface area contributed by atoms with Crippen LogP contribution in [-0.4, -0.2) is 9.97 Å². The molecule has 0 radical (unpaired) electrons. The summed E-state index contributed by atoms with van der Waals surface area (Å²) in [7, 11) is 2.19. The van der Waals surface area contributed by atoms with E-state index in [1.165, 1.54) is 24.5 Å². The van der Waals surface area contributed by atoms with Crippen LogP contribution in [0.4, 0.5) is 14.5 Å². The van der Waals surface area contributed by atoms with E-state index in [-0.39, 0.29) is 16.3 Å². The van der Waals surface area contributed by atoms with Crippen molar-refractivity contribution in [3.05, 3.63) is 41.4 Å². The lowest BCUT2D eigenvalue weighted by Gasteiger charge is -2.10. The molecule has 1 N–H and O–H groups in total. The van der Waals surface area contributed by atoms with E-state index < -0.39 is 11.8 Å². The van der Waals surface area contributed by atoms with E-state index in [0.717, 1.165) is 0 Å². The summed E-state index contributed by atoms with van der Waals surface area (Å²) in [5, 5.41) is 2.34. The smallest absolute Gasteiger partial charge is 0.220 e. The van der Waals surface area contributed by atoms with Gasteiger partial charge in [0.2, 0.25) is 5.95 Å². The third kappa shape index (κ3) is 2.21. The Hall–Kier alpha value is -1.32. The predicted octanol–water partition coefficient (Wildman–Crippen LogP) is 3.28. The highest BCUT2D eigenvalue weighted by Crippen LogP contribution is 2.34. The van der Waals surface area contributed by atoms with Crippen LogP contribution in [0.15, 0.2) is 24.5 Å². The van der Waals surface area contributed by atoms with Crippen LogP contribution in [0.25, 0.3) is 11.1 Å². The molecule has 0 spiro atoms. The van der Waals surface area contributed by atoms with E-state index in [1.54, 1.807) is 0 Å². The van der Waals surface area contributed by atoms with E-state index in [9.17, 15) is 8.78 Å². The fourth-order valence-corrected chi connectivity index (χ4v) is 1.77. The Kier molecular flexibility index (Phi) is 3.50. The summed E-state index contributed by atoms with van der Waals surface area (Å²) < 4.78 is 27.4. The largest absolute Gasteiger partial charge is 0.368 e. The molecule has 0 fully saturated rings. The Morgan fingerprint density at radius 1 is 1.29 bits per heavy atom. The van der Waals surface area contributed by atoms with Gasteiger partial charge in [-0.05, 0) is 21.5 Å². The van der Waals surface area contributed by atoms with Crippen LogP contribution in [0.3, 0.4) is 0 Å². The van der Waals surface area contributed by atoms with Crippen molar-refractivity contribution < 1.29 is 8.78 Å². The molecular weight excluding hydrogens is 267 g/mol. The molecule has 0 aliphatic carbocycles. The third-order valence-electron chi connectivity index (χ3n) is 2.16. The maximum Gasteiger partial charge on any atom is 0.220 e. The topological polar surface area (TPSA) is 37.8 Å². The second kappa shape index (κ2) is 4.90. The van der Waals surface area contributed by atoms with E-state index in [0.29, 0.717) is 5.69 Å². The van der Waals surface area contributed by atoms with Gasteiger partial charge in [-0.2, -0.15) is 4.39 Å². The summed E-state index contributed by atoms with van der Waals surface area (Å²) in [5.74, 6) is -1.55. The molecule has 88 valence electrons. The quantitative estimate of drug-likeness (QED) is 0.674. The van der Waals surface area contributed by atoms with Gasteiger partial charge >= 0.3 is 0 Å². The Morgan fingerprint density at radius 3 is 2.71 bits per heavy atom. The lowest BCUT2D eigenvalue weighted by Crippen LogP contribution is -1.97. The molecule has 0 aliphatic heterocycles. The first-order valence-corrected chi connectivity index (χ1v) is 5.52. The zero-order valence-electron chi connectivity index (χ0n) is 8.42. The molecule has 2 aromatic heterocycles. The lowest BCUT2D eigenvalue weighted by atomic mass is 10.1. The van der Waals surface area contributed by atoms with Crippen molar-refractivity contribution in [1.29, 1.82) is 0 Å².